The van der Waals surface area contributed by atoms with Crippen molar-refractivity contribution in [2.24, 2.45) is 10.8 Å². The van der Waals surface area contributed by atoms with Crippen LogP contribution >= 0.6 is 0 Å². The van der Waals surface area contributed by atoms with Gasteiger partial charge in [0.1, 0.15) is 18.3 Å². The maximum Gasteiger partial charge on any atom is 0.332 e. The van der Waals surface area contributed by atoms with Crippen molar-refractivity contribution in [2.45, 2.75) is 44.2 Å². The van der Waals surface area contributed by atoms with E-state index in [2.05, 4.69) is 5.10 Å². The predicted molar refractivity (Wildman–Crippen MR) is 55.9 cm³/mol. The van der Waals surface area contributed by atoms with Crippen LogP contribution in [0.2, 0.25) is 0 Å². The van der Waals surface area contributed by atoms with Crippen LogP contribution in [-0.4, -0.2) is 47.7 Å². The molecular weight excluding hydrogens is 230 g/mol. The molecule has 0 bridgehead atoms. The fourth-order valence-corrected chi connectivity index (χ4v) is 1.81. The number of fused-ring (bicyclic) bond motifs is 1. The van der Waals surface area contributed by atoms with Crippen LogP contribution in [0.4, 0.5) is 4.79 Å². The Balaban J connectivity index is 1.94. The number of aliphatic hydroxyl groups excluding tert-OH is 1. The first kappa shape index (κ1) is 12.2. The Morgan fingerprint density at radius 2 is 2.24 bits per heavy atom. The molecule has 0 aromatic heterocycles. The van der Waals surface area contributed by atoms with Gasteiger partial charge in [0.05, 0.1) is 6.21 Å². The molecule has 0 unspecified atom stereocenters. The first-order chi connectivity index (χ1) is 7.89. The van der Waals surface area contributed by atoms with Gasteiger partial charge in [-0.3, -0.25) is 0 Å². The van der Waals surface area contributed by atoms with E-state index in [0.29, 0.717) is 0 Å². The molecule has 8 nitrogen and oxygen atoms in total. The highest BCUT2D eigenvalue weighted by molar-refractivity contribution is 5.73. The molecule has 2 saturated heterocycles. The van der Waals surface area contributed by atoms with Crippen molar-refractivity contribution in [3.05, 3.63) is 0 Å². The van der Waals surface area contributed by atoms with Crippen molar-refractivity contribution < 1.29 is 24.1 Å². The lowest BCUT2D eigenvalue weighted by Gasteiger charge is -2.21. The van der Waals surface area contributed by atoms with Gasteiger partial charge in [-0.25, -0.2) is 10.2 Å². The fraction of sp³-hybridized carbons (Fsp3) is 0.778. The van der Waals surface area contributed by atoms with E-state index in [9.17, 15) is 9.90 Å². The second kappa shape index (κ2) is 4.22. The molecule has 2 aliphatic rings. The lowest BCUT2D eigenvalue weighted by Crippen LogP contribution is -2.35. The fourth-order valence-electron chi connectivity index (χ4n) is 1.81. The number of carbonyl (C=O) groups excluding carboxylic acids is 1. The maximum atomic E-state index is 10.4. The molecule has 17 heavy (non-hydrogen) atoms. The van der Waals surface area contributed by atoms with Crippen molar-refractivity contribution in [1.29, 1.82) is 0 Å². The first-order valence-electron chi connectivity index (χ1n) is 5.17. The molecule has 0 spiro atoms. The molecule has 8 heteroatoms. The highest BCUT2D eigenvalue weighted by Crippen LogP contribution is 2.36. The Morgan fingerprint density at radius 1 is 1.53 bits per heavy atom. The van der Waals surface area contributed by atoms with Crippen molar-refractivity contribution in [3.63, 3.8) is 0 Å². The summed E-state index contributed by atoms with van der Waals surface area (Å²) in [6, 6.07) is -0.789. The molecule has 2 rings (SSSR count). The number of aliphatic hydroxyl groups is 1. The summed E-state index contributed by atoms with van der Waals surface area (Å²) in [5, 5.41) is 13.4. The number of hydrazone groups is 1. The van der Waals surface area contributed by atoms with E-state index in [1.54, 1.807) is 13.8 Å². The van der Waals surface area contributed by atoms with E-state index in [-0.39, 0.29) is 0 Å². The third-order valence-electron chi connectivity index (χ3n) is 2.45. The molecule has 0 aromatic carbocycles. The van der Waals surface area contributed by atoms with Crippen molar-refractivity contribution in [1.82, 2.24) is 5.43 Å². The van der Waals surface area contributed by atoms with Crippen LogP contribution in [0.5, 0.6) is 0 Å². The molecule has 0 aliphatic carbocycles. The Labute approximate surface area is 97.7 Å². The van der Waals surface area contributed by atoms with Gasteiger partial charge in [-0.2, -0.15) is 5.10 Å². The second-order valence-electron chi connectivity index (χ2n) is 4.31. The Hall–Kier alpha value is -1.22. The predicted octanol–water partition coefficient (Wildman–Crippen LogP) is -1.12. The average molecular weight is 245 g/mol. The van der Waals surface area contributed by atoms with Crippen LogP contribution < -0.4 is 11.2 Å². The third kappa shape index (κ3) is 2.55. The van der Waals surface area contributed by atoms with E-state index in [1.807, 2.05) is 5.43 Å². The number of carbonyl (C=O) groups is 1. The van der Waals surface area contributed by atoms with Gasteiger partial charge in [-0.05, 0) is 13.8 Å². The monoisotopic (exact) mass is 245 g/mol. The Bertz CT molecular complexity index is 346. The van der Waals surface area contributed by atoms with Gasteiger partial charge in [-0.1, -0.05) is 0 Å². The molecule has 2 heterocycles. The topological polar surface area (TPSA) is 115 Å². The lowest BCUT2D eigenvalue weighted by atomic mass is 10.1. The summed E-state index contributed by atoms with van der Waals surface area (Å²) < 4.78 is 16.3. The van der Waals surface area contributed by atoms with Gasteiger partial charge >= 0.3 is 6.03 Å². The summed E-state index contributed by atoms with van der Waals surface area (Å²) in [5.74, 6) is -0.774. The maximum absolute atomic E-state index is 10.4. The van der Waals surface area contributed by atoms with Gasteiger partial charge in [0.15, 0.2) is 12.1 Å². The van der Waals surface area contributed by atoms with Crippen molar-refractivity contribution in [2.75, 3.05) is 0 Å². The summed E-state index contributed by atoms with van der Waals surface area (Å²) in [7, 11) is 0. The molecule has 0 saturated carbocycles. The number of rotatable bonds is 2. The zero-order valence-electron chi connectivity index (χ0n) is 9.49. The van der Waals surface area contributed by atoms with E-state index in [4.69, 9.17) is 19.9 Å². The van der Waals surface area contributed by atoms with Gasteiger partial charge in [0.2, 0.25) is 0 Å². The van der Waals surface area contributed by atoms with Gasteiger partial charge in [-0.15, -0.1) is 0 Å². The first-order valence-corrected chi connectivity index (χ1v) is 5.17. The molecule has 4 N–H and O–H groups in total. The summed E-state index contributed by atoms with van der Waals surface area (Å²) >= 11 is 0. The van der Waals surface area contributed by atoms with E-state index >= 15 is 0 Å². The quantitative estimate of drug-likeness (QED) is 0.421. The summed E-state index contributed by atoms with van der Waals surface area (Å²) in [6.07, 6.45) is -1.55. The largest absolute Gasteiger partial charge is 0.387 e. The Morgan fingerprint density at radius 3 is 2.82 bits per heavy atom. The number of urea groups is 1. The molecule has 2 amide bonds. The van der Waals surface area contributed by atoms with Crippen LogP contribution in [0.25, 0.3) is 0 Å². The zero-order valence-corrected chi connectivity index (χ0v) is 9.49. The number of amides is 2. The summed E-state index contributed by atoms with van der Waals surface area (Å²) in [4.78, 5) is 10.4. The number of hydrogen-bond acceptors (Lipinski definition) is 6. The van der Waals surface area contributed by atoms with Gasteiger partial charge < -0.3 is 25.1 Å². The highest BCUT2D eigenvalue weighted by Gasteiger charge is 2.53. The molecular formula is C9H15N3O5. The molecule has 4 atom stereocenters. The number of nitrogens with zero attached hydrogens (tertiary/aromatic N) is 1. The van der Waals surface area contributed by atoms with Crippen LogP contribution in [0.1, 0.15) is 13.8 Å². The molecule has 0 radical (unpaired) electrons. The van der Waals surface area contributed by atoms with Gasteiger partial charge in [0.25, 0.3) is 0 Å². The minimum atomic E-state index is -0.903. The molecule has 2 aliphatic heterocycles. The number of ether oxygens (including phenoxy) is 3. The zero-order chi connectivity index (χ0) is 12.6. The van der Waals surface area contributed by atoms with Crippen LogP contribution in [-0.2, 0) is 14.2 Å². The molecule has 0 aromatic rings. The van der Waals surface area contributed by atoms with E-state index in [0.717, 1.165) is 0 Å². The van der Waals surface area contributed by atoms with Crippen molar-refractivity contribution >= 4 is 12.2 Å². The highest BCUT2D eigenvalue weighted by atomic mass is 16.8. The number of nitrogens with two attached hydrogens (primary N) is 1. The lowest BCUT2D eigenvalue weighted by molar-refractivity contribution is -0.206. The summed E-state index contributed by atoms with van der Waals surface area (Å²) in [6.45, 7) is 3.47. The van der Waals surface area contributed by atoms with Crippen LogP contribution in [0.3, 0.4) is 0 Å². The minimum absolute atomic E-state index is 0.560. The van der Waals surface area contributed by atoms with Crippen LogP contribution in [0, 0.1) is 0 Å². The number of hydrogen-bond donors (Lipinski definition) is 3. The smallest absolute Gasteiger partial charge is 0.332 e. The third-order valence-corrected chi connectivity index (χ3v) is 2.45. The Kier molecular flexibility index (Phi) is 3.04. The average Bonchev–Trinajstić information content (AvgIpc) is 2.62. The number of primary amides is 1. The van der Waals surface area contributed by atoms with Gasteiger partial charge in [0, 0.05) is 0 Å². The van der Waals surface area contributed by atoms with E-state index in [1.165, 1.54) is 6.21 Å². The van der Waals surface area contributed by atoms with E-state index < -0.39 is 36.4 Å². The minimum Gasteiger partial charge on any atom is -0.387 e. The normalized spacial score (nSPS) is 39.5. The molecule has 96 valence electrons. The molecule has 2 fully saturated rings. The standard InChI is InChI=1S/C9H15N3O5/c1-9(2)16-6-5(13)4(15-7(6)17-9)3-11-12-8(10)14/h3-7,13H,1-2H3,(H3,10,12,14)/b11-3+/t4-,5+,6-,7-/m1/s1. The number of nitrogens with one attached hydrogen (secondary N) is 1. The summed E-state index contributed by atoms with van der Waals surface area (Å²) in [5.41, 5.74) is 6.83. The van der Waals surface area contributed by atoms with Crippen molar-refractivity contribution in [3.8, 4) is 0 Å². The SMILES string of the molecule is CC1(C)O[C@H]2O[C@H](/C=N/NC(N)=O)[C@H](O)[C@H]2O1. The van der Waals surface area contributed by atoms with Crippen LogP contribution in [0.15, 0.2) is 5.10 Å². The second-order valence-corrected chi connectivity index (χ2v) is 4.31.